The van der Waals surface area contributed by atoms with Crippen molar-refractivity contribution in [3.05, 3.63) is 35.9 Å². The van der Waals surface area contributed by atoms with Crippen LogP contribution in [0.4, 0.5) is 0 Å². The maximum atomic E-state index is 10.7. The van der Waals surface area contributed by atoms with E-state index < -0.39 is 5.60 Å². The molecule has 1 heterocycles. The summed E-state index contributed by atoms with van der Waals surface area (Å²) < 4.78 is 0. The maximum absolute atomic E-state index is 10.7. The molecule has 2 unspecified atom stereocenters. The Morgan fingerprint density at radius 2 is 2.00 bits per heavy atom. The van der Waals surface area contributed by atoms with Crippen molar-refractivity contribution in [1.29, 1.82) is 0 Å². The van der Waals surface area contributed by atoms with Gasteiger partial charge < -0.3 is 20.6 Å². The molecule has 0 amide bonds. The van der Waals surface area contributed by atoms with Crippen molar-refractivity contribution in [3.63, 3.8) is 0 Å². The fourth-order valence-corrected chi connectivity index (χ4v) is 3.07. The molecule has 0 radical (unpaired) electrons. The fraction of sp³-hybridized carbons (Fsp3) is 0.632. The second-order valence-corrected chi connectivity index (χ2v) is 6.76. The van der Waals surface area contributed by atoms with Crippen molar-refractivity contribution in [3.8, 4) is 0 Å². The summed E-state index contributed by atoms with van der Waals surface area (Å²) in [5.41, 5.74) is -0.0744. The van der Waals surface area contributed by atoms with Gasteiger partial charge in [-0.25, -0.2) is 4.99 Å². The van der Waals surface area contributed by atoms with E-state index in [4.69, 9.17) is 0 Å². The molecule has 0 bridgehead atoms. The first kappa shape index (κ1) is 22.2. The number of hydrogen-bond acceptors (Lipinski definition) is 3. The minimum absolute atomic E-state index is 0. The number of aliphatic imine (C=N–C) groups is 1. The lowest BCUT2D eigenvalue weighted by atomic mass is 9.96. The van der Waals surface area contributed by atoms with Crippen molar-refractivity contribution >= 4 is 29.9 Å². The van der Waals surface area contributed by atoms with Gasteiger partial charge in [-0.15, -0.1) is 24.0 Å². The van der Waals surface area contributed by atoms with Crippen LogP contribution >= 0.6 is 24.0 Å². The first-order chi connectivity index (χ1) is 11.5. The number of nitrogens with zero attached hydrogens (tertiary/aromatic N) is 2. The summed E-state index contributed by atoms with van der Waals surface area (Å²) >= 11 is 0. The van der Waals surface area contributed by atoms with Crippen LogP contribution in [0, 0.1) is 5.92 Å². The molecule has 1 aliphatic heterocycles. The smallest absolute Gasteiger partial charge is 0.191 e. The molecule has 25 heavy (non-hydrogen) atoms. The molecule has 0 aliphatic carbocycles. The number of hydrogen-bond donors (Lipinski definition) is 3. The number of benzene rings is 1. The van der Waals surface area contributed by atoms with Crippen molar-refractivity contribution in [2.24, 2.45) is 10.9 Å². The average molecular weight is 460 g/mol. The van der Waals surface area contributed by atoms with E-state index in [0.717, 1.165) is 37.7 Å². The van der Waals surface area contributed by atoms with E-state index in [0.29, 0.717) is 12.5 Å². The van der Waals surface area contributed by atoms with E-state index in [2.05, 4.69) is 34.4 Å². The first-order valence-corrected chi connectivity index (χ1v) is 9.07. The first-order valence-electron chi connectivity index (χ1n) is 9.07. The largest absolute Gasteiger partial charge is 0.384 e. The van der Waals surface area contributed by atoms with E-state index in [9.17, 15) is 5.11 Å². The predicted molar refractivity (Wildman–Crippen MR) is 116 cm³/mol. The number of guanidine groups is 1. The van der Waals surface area contributed by atoms with Crippen LogP contribution in [-0.4, -0.2) is 55.2 Å². The van der Waals surface area contributed by atoms with Crippen LogP contribution in [0.25, 0.3) is 0 Å². The van der Waals surface area contributed by atoms with Crippen LogP contribution < -0.4 is 10.6 Å². The van der Waals surface area contributed by atoms with E-state index in [-0.39, 0.29) is 24.0 Å². The number of rotatable bonds is 7. The van der Waals surface area contributed by atoms with Crippen LogP contribution in [0.2, 0.25) is 0 Å². The van der Waals surface area contributed by atoms with Crippen molar-refractivity contribution < 1.29 is 5.11 Å². The number of likely N-dealkylation sites (tertiary alicyclic amines) is 1. The van der Waals surface area contributed by atoms with Crippen LogP contribution in [0.5, 0.6) is 0 Å². The highest BCUT2D eigenvalue weighted by molar-refractivity contribution is 14.0. The molecule has 5 nitrogen and oxygen atoms in total. The number of aliphatic hydroxyl groups is 1. The molecule has 2 rings (SSSR count). The Morgan fingerprint density at radius 1 is 1.28 bits per heavy atom. The molecule has 142 valence electrons. The topological polar surface area (TPSA) is 59.9 Å². The van der Waals surface area contributed by atoms with Gasteiger partial charge in [-0.3, -0.25) is 0 Å². The Kier molecular flexibility index (Phi) is 9.74. The van der Waals surface area contributed by atoms with E-state index in [1.165, 1.54) is 13.0 Å². The Bertz CT molecular complexity index is 521. The Balaban J connectivity index is 0.00000312. The molecule has 0 spiro atoms. The van der Waals surface area contributed by atoms with Crippen molar-refractivity contribution in [1.82, 2.24) is 15.5 Å². The van der Waals surface area contributed by atoms with Gasteiger partial charge in [0.1, 0.15) is 5.60 Å². The van der Waals surface area contributed by atoms with Gasteiger partial charge in [0, 0.05) is 19.6 Å². The predicted octanol–water partition coefficient (Wildman–Crippen LogP) is 2.41. The van der Waals surface area contributed by atoms with Gasteiger partial charge in [-0.2, -0.15) is 0 Å². The monoisotopic (exact) mass is 460 g/mol. The third-order valence-corrected chi connectivity index (χ3v) is 4.66. The van der Waals surface area contributed by atoms with Crippen LogP contribution in [-0.2, 0) is 5.60 Å². The van der Waals surface area contributed by atoms with Gasteiger partial charge >= 0.3 is 0 Å². The summed E-state index contributed by atoms with van der Waals surface area (Å²) in [4.78, 5) is 7.08. The van der Waals surface area contributed by atoms with Crippen LogP contribution in [0.1, 0.15) is 32.8 Å². The lowest BCUT2D eigenvalue weighted by Gasteiger charge is -2.23. The van der Waals surface area contributed by atoms with Crippen molar-refractivity contribution in [2.75, 3.05) is 39.3 Å². The molecule has 0 aromatic heterocycles. The molecule has 1 fully saturated rings. The highest BCUT2D eigenvalue weighted by atomic mass is 127. The molecule has 2 atom stereocenters. The molecule has 1 aromatic rings. The van der Waals surface area contributed by atoms with Gasteiger partial charge in [-0.1, -0.05) is 37.3 Å². The Labute approximate surface area is 169 Å². The minimum Gasteiger partial charge on any atom is -0.384 e. The van der Waals surface area contributed by atoms with Crippen LogP contribution in [0.15, 0.2) is 35.3 Å². The lowest BCUT2D eigenvalue weighted by molar-refractivity contribution is 0.0672. The quantitative estimate of drug-likeness (QED) is 0.332. The van der Waals surface area contributed by atoms with Crippen LogP contribution in [0.3, 0.4) is 0 Å². The van der Waals surface area contributed by atoms with Gasteiger partial charge in [0.2, 0.25) is 0 Å². The van der Waals surface area contributed by atoms with E-state index >= 15 is 0 Å². The average Bonchev–Trinajstić information content (AvgIpc) is 3.06. The summed E-state index contributed by atoms with van der Waals surface area (Å²) in [6.07, 6.45) is 1.24. The third kappa shape index (κ3) is 7.11. The van der Waals surface area contributed by atoms with Gasteiger partial charge in [0.25, 0.3) is 0 Å². The van der Waals surface area contributed by atoms with E-state index in [1.54, 1.807) is 0 Å². The summed E-state index contributed by atoms with van der Waals surface area (Å²) in [5, 5.41) is 17.4. The second kappa shape index (κ2) is 11.0. The zero-order valence-corrected chi connectivity index (χ0v) is 18.0. The normalized spacial score (nSPS) is 20.6. The Morgan fingerprint density at radius 3 is 2.60 bits per heavy atom. The van der Waals surface area contributed by atoms with E-state index in [1.807, 2.05) is 37.3 Å². The molecular weight excluding hydrogens is 427 g/mol. The lowest BCUT2D eigenvalue weighted by Crippen LogP contribution is -2.41. The molecule has 1 saturated heterocycles. The summed E-state index contributed by atoms with van der Waals surface area (Å²) in [6.45, 7) is 11.6. The van der Waals surface area contributed by atoms with Crippen molar-refractivity contribution in [2.45, 2.75) is 32.8 Å². The minimum atomic E-state index is -0.962. The van der Waals surface area contributed by atoms with Gasteiger partial charge in [-0.05, 0) is 44.8 Å². The number of halogens is 1. The van der Waals surface area contributed by atoms with Gasteiger partial charge in [0.05, 0.1) is 6.54 Å². The fourth-order valence-electron chi connectivity index (χ4n) is 3.07. The summed E-state index contributed by atoms with van der Waals surface area (Å²) in [7, 11) is 0. The molecule has 0 saturated carbocycles. The second-order valence-electron chi connectivity index (χ2n) is 6.76. The maximum Gasteiger partial charge on any atom is 0.191 e. The molecule has 1 aliphatic rings. The standard InChI is InChI=1S/C19H32N4O.HI/c1-4-20-18(21-13-16-11-12-23(5-2)14-16)22-15-19(3,24)17-9-7-6-8-10-17;/h6-10,16,24H,4-5,11-15H2,1-3H3,(H2,20,21,22);1H. The molecule has 6 heteroatoms. The zero-order chi connectivity index (χ0) is 17.4. The molecule has 1 aromatic carbocycles. The molecule has 3 N–H and O–H groups in total. The number of nitrogens with one attached hydrogen (secondary N) is 2. The highest BCUT2D eigenvalue weighted by Crippen LogP contribution is 2.20. The summed E-state index contributed by atoms with van der Waals surface area (Å²) in [6, 6.07) is 9.71. The summed E-state index contributed by atoms with van der Waals surface area (Å²) in [5.74, 6) is 1.45. The third-order valence-electron chi connectivity index (χ3n) is 4.66. The zero-order valence-electron chi connectivity index (χ0n) is 15.7. The molecular formula is C19H33IN4O. The highest BCUT2D eigenvalue weighted by Gasteiger charge is 2.23. The SMILES string of the molecule is CCNC(=NCC(C)(O)c1ccccc1)NCC1CCN(CC)C1.I. The van der Waals surface area contributed by atoms with Gasteiger partial charge in [0.15, 0.2) is 5.96 Å². The Hall–Kier alpha value is -0.860.